The van der Waals surface area contributed by atoms with Crippen molar-refractivity contribution < 1.29 is 17.9 Å². The number of para-hydroxylation sites is 1. The summed E-state index contributed by atoms with van der Waals surface area (Å²) in [6.45, 7) is 0. The first-order valence-corrected chi connectivity index (χ1v) is 9.48. The van der Waals surface area contributed by atoms with E-state index in [1.165, 1.54) is 7.11 Å². The number of nitrogens with one attached hydrogen (secondary N) is 1. The summed E-state index contributed by atoms with van der Waals surface area (Å²) >= 11 is 0. The van der Waals surface area contributed by atoms with Gasteiger partial charge < -0.3 is 10.1 Å². The first-order valence-electron chi connectivity index (χ1n) is 9.48. The van der Waals surface area contributed by atoms with Crippen LogP contribution < -0.4 is 10.1 Å². The minimum atomic E-state index is -4.61. The summed E-state index contributed by atoms with van der Waals surface area (Å²) in [4.78, 5) is 0. The molecule has 152 valence electrons. The lowest BCUT2D eigenvalue weighted by Gasteiger charge is -2.41. The molecule has 0 bridgehead atoms. The van der Waals surface area contributed by atoms with Gasteiger partial charge >= 0.3 is 6.18 Å². The summed E-state index contributed by atoms with van der Waals surface area (Å²) in [5, 5.41) is 7.84. The Balaban J connectivity index is 1.84. The van der Waals surface area contributed by atoms with Crippen LogP contribution in [0.5, 0.6) is 5.75 Å². The van der Waals surface area contributed by atoms with Crippen molar-refractivity contribution in [3.05, 3.63) is 78.4 Å². The molecule has 0 amide bonds. The van der Waals surface area contributed by atoms with Gasteiger partial charge in [-0.3, -0.25) is 0 Å². The molecule has 1 aliphatic rings. The van der Waals surface area contributed by atoms with Crippen LogP contribution in [0, 0.1) is 0 Å². The Morgan fingerprint density at radius 1 is 1.00 bits per heavy atom. The number of methoxy groups -OCH3 is 1. The van der Waals surface area contributed by atoms with Crippen molar-refractivity contribution in [3.8, 4) is 17.0 Å². The molecule has 0 fully saturated rings. The lowest BCUT2D eigenvalue weighted by Crippen LogP contribution is -2.57. The Bertz CT molecular complexity index is 1230. The number of fused-ring (bicyclic) bond motifs is 5. The Morgan fingerprint density at radius 3 is 2.47 bits per heavy atom. The van der Waals surface area contributed by atoms with E-state index in [1.54, 1.807) is 72.8 Å². The molecular weight excluding hydrogens is 391 g/mol. The van der Waals surface area contributed by atoms with E-state index in [1.807, 2.05) is 0 Å². The largest absolute Gasteiger partial charge is 0.497 e. The van der Waals surface area contributed by atoms with Crippen molar-refractivity contribution in [1.29, 1.82) is 0 Å². The van der Waals surface area contributed by atoms with E-state index < -0.39 is 11.8 Å². The summed E-state index contributed by atoms with van der Waals surface area (Å²) in [6.07, 6.45) is -4.91. The van der Waals surface area contributed by atoms with Crippen LogP contribution in [0.25, 0.3) is 22.2 Å². The summed E-state index contributed by atoms with van der Waals surface area (Å²) < 4.78 is 50.8. The van der Waals surface area contributed by atoms with Crippen LogP contribution in [0.3, 0.4) is 0 Å². The lowest BCUT2D eigenvalue weighted by molar-refractivity contribution is -0.208. The Labute approximate surface area is 170 Å². The van der Waals surface area contributed by atoms with E-state index >= 15 is 0 Å². The highest BCUT2D eigenvalue weighted by molar-refractivity contribution is 5.95. The Kier molecular flexibility index (Phi) is 4.03. The topological polar surface area (TPSA) is 39.1 Å². The molecule has 1 unspecified atom stereocenters. The maximum Gasteiger partial charge on any atom is 0.432 e. The van der Waals surface area contributed by atoms with Crippen molar-refractivity contribution in [2.45, 2.75) is 18.3 Å². The predicted octanol–water partition coefficient (Wildman–Crippen LogP) is 5.60. The molecule has 0 spiro atoms. The second kappa shape index (κ2) is 6.52. The van der Waals surface area contributed by atoms with Crippen LogP contribution in [-0.4, -0.2) is 23.1 Å². The predicted molar refractivity (Wildman–Crippen MR) is 110 cm³/mol. The first kappa shape index (κ1) is 18.5. The number of aromatic nitrogens is 2. The van der Waals surface area contributed by atoms with E-state index in [0.717, 1.165) is 4.68 Å². The van der Waals surface area contributed by atoms with Crippen molar-refractivity contribution >= 4 is 16.6 Å². The second-order valence-electron chi connectivity index (χ2n) is 7.33. The van der Waals surface area contributed by atoms with Crippen LogP contribution in [0.2, 0.25) is 0 Å². The van der Waals surface area contributed by atoms with Crippen molar-refractivity contribution in [2.24, 2.45) is 0 Å². The standard InChI is InChI=1S/C23H18F3N3O/c1-30-17-12-11-15-14-22(23(24,25)26,27-16-7-3-2-4-8-16)29-21(19(15)13-17)18-9-5-6-10-20(18)28-29/h2-13,27H,14H2,1H3. The Morgan fingerprint density at radius 2 is 1.73 bits per heavy atom. The van der Waals surface area contributed by atoms with Gasteiger partial charge in [-0.25, -0.2) is 4.68 Å². The van der Waals surface area contributed by atoms with Crippen LogP contribution in [0.4, 0.5) is 18.9 Å². The zero-order chi connectivity index (χ0) is 20.9. The van der Waals surface area contributed by atoms with E-state index in [2.05, 4.69) is 10.4 Å². The number of ether oxygens (including phenoxy) is 1. The molecule has 7 heteroatoms. The number of rotatable bonds is 3. The molecular formula is C23H18F3N3O. The maximum atomic E-state index is 14.8. The van der Waals surface area contributed by atoms with Gasteiger partial charge in [0, 0.05) is 23.1 Å². The van der Waals surface area contributed by atoms with Gasteiger partial charge in [0.1, 0.15) is 5.75 Å². The van der Waals surface area contributed by atoms with Crippen LogP contribution >= 0.6 is 0 Å². The molecule has 30 heavy (non-hydrogen) atoms. The lowest BCUT2D eigenvalue weighted by atomic mass is 9.87. The van der Waals surface area contributed by atoms with Gasteiger partial charge in [0.15, 0.2) is 0 Å². The van der Waals surface area contributed by atoms with Crippen molar-refractivity contribution in [3.63, 3.8) is 0 Å². The fourth-order valence-corrected chi connectivity index (χ4v) is 4.12. The van der Waals surface area contributed by atoms with Gasteiger partial charge in [-0.15, -0.1) is 0 Å². The summed E-state index contributed by atoms with van der Waals surface area (Å²) in [6, 6.07) is 20.7. The molecule has 1 aromatic heterocycles. The van der Waals surface area contributed by atoms with Gasteiger partial charge in [0.05, 0.1) is 18.3 Å². The molecule has 0 saturated carbocycles. The van der Waals surface area contributed by atoms with Crippen molar-refractivity contribution in [2.75, 3.05) is 12.4 Å². The van der Waals surface area contributed by atoms with Crippen LogP contribution in [0.15, 0.2) is 72.8 Å². The average Bonchev–Trinajstić information content (AvgIpc) is 3.14. The summed E-state index contributed by atoms with van der Waals surface area (Å²) in [5.74, 6) is 0.584. The SMILES string of the molecule is COc1ccc2c(c1)-c1c3ccccc3nn1C(Nc1ccccc1)(C(F)(F)F)C2. The normalized spacial score (nSPS) is 18.0. The van der Waals surface area contributed by atoms with E-state index in [4.69, 9.17) is 4.74 Å². The number of hydrogen-bond acceptors (Lipinski definition) is 3. The minimum Gasteiger partial charge on any atom is -0.497 e. The third-order valence-corrected chi connectivity index (χ3v) is 5.55. The number of alkyl halides is 3. The van der Waals surface area contributed by atoms with E-state index in [9.17, 15) is 13.2 Å². The second-order valence-corrected chi connectivity index (χ2v) is 7.33. The van der Waals surface area contributed by atoms with Gasteiger partial charge in [-0.05, 0) is 35.9 Å². The van der Waals surface area contributed by atoms with E-state index in [0.29, 0.717) is 39.2 Å². The highest BCUT2D eigenvalue weighted by atomic mass is 19.4. The average molecular weight is 409 g/mol. The third-order valence-electron chi connectivity index (χ3n) is 5.55. The smallest absolute Gasteiger partial charge is 0.432 e. The fourth-order valence-electron chi connectivity index (χ4n) is 4.12. The highest BCUT2D eigenvalue weighted by Gasteiger charge is 2.60. The molecule has 1 aliphatic heterocycles. The fraction of sp³-hybridized carbons (Fsp3) is 0.174. The molecule has 0 aliphatic carbocycles. The molecule has 1 N–H and O–H groups in total. The molecule has 4 aromatic rings. The molecule has 5 rings (SSSR count). The maximum absolute atomic E-state index is 14.8. The molecule has 1 atom stereocenters. The number of anilines is 1. The molecule has 3 aromatic carbocycles. The van der Waals surface area contributed by atoms with Crippen LogP contribution in [-0.2, 0) is 12.1 Å². The summed E-state index contributed by atoms with van der Waals surface area (Å²) in [5.41, 5.74) is 0.146. The molecule has 0 saturated heterocycles. The third kappa shape index (κ3) is 2.65. The first-order chi connectivity index (χ1) is 14.4. The van der Waals surface area contributed by atoms with Crippen molar-refractivity contribution in [1.82, 2.24) is 9.78 Å². The molecule has 2 heterocycles. The van der Waals surface area contributed by atoms with Crippen LogP contribution in [0.1, 0.15) is 5.56 Å². The van der Waals surface area contributed by atoms with E-state index in [-0.39, 0.29) is 6.42 Å². The summed E-state index contributed by atoms with van der Waals surface area (Å²) in [7, 11) is 1.54. The van der Waals surface area contributed by atoms with Gasteiger partial charge in [0.2, 0.25) is 5.66 Å². The van der Waals surface area contributed by atoms with Gasteiger partial charge in [-0.2, -0.15) is 18.3 Å². The number of halogens is 3. The Hall–Kier alpha value is -3.48. The molecule has 4 nitrogen and oxygen atoms in total. The number of hydrogen-bond donors (Lipinski definition) is 1. The van der Waals surface area contributed by atoms with Gasteiger partial charge in [-0.1, -0.05) is 42.5 Å². The molecule has 0 radical (unpaired) electrons. The zero-order valence-electron chi connectivity index (χ0n) is 16.1. The monoisotopic (exact) mass is 409 g/mol. The zero-order valence-corrected chi connectivity index (χ0v) is 16.1. The minimum absolute atomic E-state index is 0.300. The number of benzene rings is 3. The van der Waals surface area contributed by atoms with Gasteiger partial charge in [0.25, 0.3) is 0 Å². The quantitative estimate of drug-likeness (QED) is 0.479. The number of nitrogens with zero attached hydrogens (tertiary/aromatic N) is 2. The highest BCUT2D eigenvalue weighted by Crippen LogP contribution is 2.49.